The Labute approximate surface area is 46.7 Å². The van der Waals surface area contributed by atoms with Crippen LogP contribution in [-0.2, 0) is 4.84 Å². The number of hydroxylamine groups is 2. The first-order valence-corrected chi connectivity index (χ1v) is 2.12. The van der Waals surface area contributed by atoms with Gasteiger partial charge in [-0.05, 0) is 0 Å². The van der Waals surface area contributed by atoms with E-state index < -0.39 is 6.09 Å². The Bertz CT molecular complexity index is 143. The molecule has 0 atom stereocenters. The fourth-order valence-electron chi connectivity index (χ4n) is 0.399. The van der Waals surface area contributed by atoms with Gasteiger partial charge in [0.15, 0.2) is 0 Å². The molecule has 4 nitrogen and oxygen atoms in total. The molecule has 4 heteroatoms. The van der Waals surface area contributed by atoms with Gasteiger partial charge < -0.3 is 4.84 Å². The van der Waals surface area contributed by atoms with Crippen molar-refractivity contribution in [3.05, 3.63) is 12.4 Å². The summed E-state index contributed by atoms with van der Waals surface area (Å²) < 4.78 is 0. The van der Waals surface area contributed by atoms with E-state index in [-0.39, 0.29) is 0 Å². The van der Waals surface area contributed by atoms with Gasteiger partial charge in [-0.3, -0.25) is 5.32 Å². The maximum atomic E-state index is 10.2. The van der Waals surface area contributed by atoms with Crippen LogP contribution < -0.4 is 5.32 Å². The second kappa shape index (κ2) is 1.40. The van der Waals surface area contributed by atoms with Crippen molar-refractivity contribution in [1.82, 2.24) is 10.4 Å². The number of carbonyl (C=O) groups excluding carboxylic acids is 1. The van der Waals surface area contributed by atoms with Crippen molar-refractivity contribution in [3.8, 4) is 0 Å². The minimum atomic E-state index is -0.475. The van der Waals surface area contributed by atoms with E-state index in [4.69, 9.17) is 0 Å². The molecule has 0 aliphatic carbocycles. The van der Waals surface area contributed by atoms with Crippen LogP contribution in [0.5, 0.6) is 0 Å². The van der Waals surface area contributed by atoms with Gasteiger partial charge in [-0.25, -0.2) is 4.79 Å². The summed E-state index contributed by atoms with van der Waals surface area (Å²) in [4.78, 5) is 14.7. The van der Waals surface area contributed by atoms with E-state index in [9.17, 15) is 4.79 Å². The average Bonchev–Trinajstić information content (AvgIpc) is 1.85. The highest BCUT2D eigenvalue weighted by Gasteiger charge is 2.18. The molecule has 0 spiro atoms. The molecular weight excluding hydrogens is 108 g/mol. The summed E-state index contributed by atoms with van der Waals surface area (Å²) in [5, 5.41) is 3.60. The molecule has 0 unspecified atom stereocenters. The van der Waals surface area contributed by atoms with Crippen LogP contribution in [0.2, 0.25) is 0 Å². The van der Waals surface area contributed by atoms with Gasteiger partial charge in [-0.2, -0.15) is 5.06 Å². The zero-order valence-electron chi connectivity index (χ0n) is 4.47. The van der Waals surface area contributed by atoms with Crippen molar-refractivity contribution in [2.75, 3.05) is 7.05 Å². The van der Waals surface area contributed by atoms with Crippen molar-refractivity contribution in [2.45, 2.75) is 0 Å². The molecule has 44 valence electrons. The lowest BCUT2D eigenvalue weighted by Crippen LogP contribution is -2.11. The Morgan fingerprint density at radius 1 is 1.88 bits per heavy atom. The van der Waals surface area contributed by atoms with Gasteiger partial charge in [0, 0.05) is 7.05 Å². The van der Waals surface area contributed by atoms with Crippen molar-refractivity contribution < 1.29 is 9.63 Å². The molecule has 1 amide bonds. The molecule has 0 bridgehead atoms. The molecule has 0 aromatic carbocycles. The monoisotopic (exact) mass is 114 g/mol. The molecule has 0 aromatic heterocycles. The van der Waals surface area contributed by atoms with Gasteiger partial charge in [0.05, 0.1) is 0 Å². The van der Waals surface area contributed by atoms with E-state index in [2.05, 4.69) is 16.7 Å². The van der Waals surface area contributed by atoms with E-state index in [1.54, 1.807) is 7.05 Å². The Kier molecular flexibility index (Phi) is 0.865. The van der Waals surface area contributed by atoms with Crippen LogP contribution in [0.25, 0.3) is 0 Å². The second-order valence-electron chi connectivity index (χ2n) is 1.45. The first-order valence-electron chi connectivity index (χ1n) is 2.12. The van der Waals surface area contributed by atoms with E-state index >= 15 is 0 Å². The van der Waals surface area contributed by atoms with Crippen molar-refractivity contribution >= 4 is 6.09 Å². The standard InChI is InChI=1S/C4H6N2O2/c1-3-5-4(7)8-6(3)2/h1H2,2H3,(H,5,7). The van der Waals surface area contributed by atoms with Gasteiger partial charge in [-0.1, -0.05) is 6.58 Å². The van der Waals surface area contributed by atoms with Gasteiger partial charge in [0.1, 0.15) is 5.82 Å². The molecule has 1 N–H and O–H groups in total. The second-order valence-corrected chi connectivity index (χ2v) is 1.45. The van der Waals surface area contributed by atoms with Crippen LogP contribution in [0, 0.1) is 0 Å². The molecule has 1 heterocycles. The quantitative estimate of drug-likeness (QED) is 0.483. The third-order valence-corrected chi connectivity index (χ3v) is 0.846. The minimum absolute atomic E-state index is 0.468. The molecule has 1 aliphatic heterocycles. The summed E-state index contributed by atoms with van der Waals surface area (Å²) in [5.74, 6) is 0.468. The lowest BCUT2D eigenvalue weighted by Gasteiger charge is -2.03. The predicted molar refractivity (Wildman–Crippen MR) is 26.5 cm³/mol. The Balaban J connectivity index is 2.64. The minimum Gasteiger partial charge on any atom is -0.320 e. The molecular formula is C4H6N2O2. The topological polar surface area (TPSA) is 41.6 Å². The van der Waals surface area contributed by atoms with Gasteiger partial charge in [0.2, 0.25) is 0 Å². The van der Waals surface area contributed by atoms with Crippen LogP contribution in [0.4, 0.5) is 4.79 Å². The Morgan fingerprint density at radius 3 is 2.62 bits per heavy atom. The summed E-state index contributed by atoms with van der Waals surface area (Å²) in [6.07, 6.45) is -0.475. The van der Waals surface area contributed by atoms with Gasteiger partial charge in [-0.15, -0.1) is 0 Å². The number of carbonyl (C=O) groups is 1. The first-order chi connectivity index (χ1) is 3.70. The zero-order valence-corrected chi connectivity index (χ0v) is 4.47. The summed E-state index contributed by atoms with van der Waals surface area (Å²) in [6.45, 7) is 3.45. The molecule has 0 aromatic rings. The first kappa shape index (κ1) is 4.96. The van der Waals surface area contributed by atoms with Crippen LogP contribution in [0.1, 0.15) is 0 Å². The molecule has 1 saturated heterocycles. The van der Waals surface area contributed by atoms with Crippen LogP contribution in [0.3, 0.4) is 0 Å². The lowest BCUT2D eigenvalue weighted by molar-refractivity contribution is -0.0139. The smallest absolute Gasteiger partial charge is 0.320 e. The summed E-state index contributed by atoms with van der Waals surface area (Å²) in [7, 11) is 1.60. The van der Waals surface area contributed by atoms with E-state index in [0.717, 1.165) is 0 Å². The predicted octanol–water partition coefficient (Wildman–Crippen LogP) is 0.0442. The highest BCUT2D eigenvalue weighted by molar-refractivity contribution is 5.70. The van der Waals surface area contributed by atoms with Gasteiger partial charge >= 0.3 is 6.09 Å². The fourth-order valence-corrected chi connectivity index (χ4v) is 0.399. The molecule has 8 heavy (non-hydrogen) atoms. The molecule has 0 radical (unpaired) electrons. The lowest BCUT2D eigenvalue weighted by atomic mass is 10.8. The SMILES string of the molecule is C=C1NC(=O)ON1C. The summed E-state index contributed by atoms with van der Waals surface area (Å²) >= 11 is 0. The molecule has 1 aliphatic rings. The van der Waals surface area contributed by atoms with E-state index in [1.165, 1.54) is 5.06 Å². The third-order valence-electron chi connectivity index (χ3n) is 0.846. The Hall–Kier alpha value is -1.19. The maximum Gasteiger partial charge on any atom is 0.437 e. The molecule has 0 saturated carbocycles. The highest BCUT2D eigenvalue weighted by Crippen LogP contribution is 2.02. The number of hydrogen-bond acceptors (Lipinski definition) is 3. The van der Waals surface area contributed by atoms with E-state index in [1.807, 2.05) is 0 Å². The number of hydrogen-bond donors (Lipinski definition) is 1. The normalized spacial score (nSPS) is 18.4. The van der Waals surface area contributed by atoms with Crippen molar-refractivity contribution in [1.29, 1.82) is 0 Å². The van der Waals surface area contributed by atoms with Crippen LogP contribution in [-0.4, -0.2) is 18.2 Å². The number of nitrogens with one attached hydrogen (secondary N) is 1. The third kappa shape index (κ3) is 0.598. The van der Waals surface area contributed by atoms with E-state index in [0.29, 0.717) is 5.82 Å². The summed E-state index contributed by atoms with van der Waals surface area (Å²) in [5.41, 5.74) is 0. The molecule has 1 fully saturated rings. The maximum absolute atomic E-state index is 10.2. The fraction of sp³-hybridized carbons (Fsp3) is 0.250. The Morgan fingerprint density at radius 2 is 2.50 bits per heavy atom. The highest BCUT2D eigenvalue weighted by atomic mass is 16.7. The largest absolute Gasteiger partial charge is 0.437 e. The van der Waals surface area contributed by atoms with Crippen LogP contribution >= 0.6 is 0 Å². The molecule has 1 rings (SSSR count). The number of amides is 1. The summed E-state index contributed by atoms with van der Waals surface area (Å²) in [6, 6.07) is 0. The van der Waals surface area contributed by atoms with Crippen molar-refractivity contribution in [3.63, 3.8) is 0 Å². The van der Waals surface area contributed by atoms with Crippen LogP contribution in [0.15, 0.2) is 12.4 Å². The zero-order chi connectivity index (χ0) is 6.15. The van der Waals surface area contributed by atoms with Gasteiger partial charge in [0.25, 0.3) is 0 Å². The average molecular weight is 114 g/mol. The van der Waals surface area contributed by atoms with Crippen molar-refractivity contribution in [2.24, 2.45) is 0 Å². The number of nitrogens with zero attached hydrogens (tertiary/aromatic N) is 1. The number of rotatable bonds is 0.